The molecule has 2 aliphatic heterocycles. The van der Waals surface area contributed by atoms with Gasteiger partial charge in [0, 0.05) is 36.4 Å². The van der Waals surface area contributed by atoms with Crippen LogP contribution in [0, 0.1) is 6.92 Å². The summed E-state index contributed by atoms with van der Waals surface area (Å²) in [6.45, 7) is 1.74. The van der Waals surface area contributed by atoms with E-state index in [4.69, 9.17) is 14.0 Å². The number of rotatable bonds is 10. The lowest BCUT2D eigenvalue weighted by Crippen LogP contribution is -2.54. The number of nitrogens with zero attached hydrogens (tertiary/aromatic N) is 5. The van der Waals surface area contributed by atoms with Crippen molar-refractivity contribution in [1.82, 2.24) is 30.3 Å². The molecule has 3 fully saturated rings. The van der Waals surface area contributed by atoms with Gasteiger partial charge in [-0.15, -0.1) is 0 Å². The summed E-state index contributed by atoms with van der Waals surface area (Å²) in [5.74, 6) is 1.07. The summed E-state index contributed by atoms with van der Waals surface area (Å²) in [7, 11) is 0. The topological polar surface area (TPSA) is 179 Å². The van der Waals surface area contributed by atoms with Gasteiger partial charge in [-0.3, -0.25) is 29.4 Å². The molecule has 2 aromatic heterocycles. The number of hydrogen-bond donors (Lipinski definition) is 2. The fourth-order valence-electron chi connectivity index (χ4n) is 8.19. The van der Waals surface area contributed by atoms with Gasteiger partial charge in [0.25, 0.3) is 17.7 Å². The lowest BCUT2D eigenvalue weighted by Gasteiger charge is -2.36. The van der Waals surface area contributed by atoms with Gasteiger partial charge < -0.3 is 19.3 Å². The predicted octanol–water partition coefficient (Wildman–Crippen LogP) is 5.91. The number of anilines is 1. The van der Waals surface area contributed by atoms with Crippen LogP contribution in [0.3, 0.4) is 0 Å². The minimum Gasteiger partial charge on any atom is -0.490 e. The number of benzene rings is 3. The number of piperidine rings is 1. The first kappa shape index (κ1) is 34.3. The van der Waals surface area contributed by atoms with E-state index in [1.807, 2.05) is 12.1 Å². The number of imide groups is 2. The molecule has 1 unspecified atom stereocenters. The highest BCUT2D eigenvalue weighted by Gasteiger charge is 2.45. The molecule has 4 heterocycles. The zero-order valence-electron chi connectivity index (χ0n) is 30.0. The number of carbonyl (C=O) groups excluding carboxylic acids is 4. The molecule has 4 aliphatic rings. The molecule has 5 aromatic rings. The Hall–Kier alpha value is -6.44. The molecular formula is C41H37N7O7. The van der Waals surface area contributed by atoms with Crippen LogP contribution < -0.4 is 20.1 Å². The SMILES string of the molecule is Cc1noc(-c2ncc(Oc3ccc(C4(c5ccc(OC6CC(Nc7ccc8c(c7)C(=O)N(C7CCC(=O)NC7=O)C8=O)C6)cc5)CCCC4)cc3)cn2)n1. The van der Waals surface area contributed by atoms with Crippen LogP contribution in [0.5, 0.6) is 17.2 Å². The lowest BCUT2D eigenvalue weighted by molar-refractivity contribution is -0.136. The highest BCUT2D eigenvalue weighted by molar-refractivity contribution is 6.23. The van der Waals surface area contributed by atoms with Crippen LogP contribution in [0.4, 0.5) is 5.69 Å². The normalized spacial score (nSPS) is 21.5. The Morgan fingerprint density at radius 2 is 1.51 bits per heavy atom. The first-order valence-electron chi connectivity index (χ1n) is 18.5. The van der Waals surface area contributed by atoms with E-state index in [1.165, 1.54) is 11.1 Å². The average Bonchev–Trinajstić information content (AvgIpc) is 3.91. The molecule has 2 aliphatic carbocycles. The second-order valence-electron chi connectivity index (χ2n) is 14.6. The van der Waals surface area contributed by atoms with Gasteiger partial charge in [0.2, 0.25) is 17.6 Å². The van der Waals surface area contributed by atoms with Crippen molar-refractivity contribution in [3.8, 4) is 29.0 Å². The molecule has 14 nitrogen and oxygen atoms in total. The average molecular weight is 740 g/mol. The third-order valence-electron chi connectivity index (χ3n) is 11.1. The summed E-state index contributed by atoms with van der Waals surface area (Å²) in [6.07, 6.45) is 9.41. The van der Waals surface area contributed by atoms with Crippen molar-refractivity contribution in [3.05, 3.63) is 107 Å². The standard InChI is InChI=1S/C41H37N7O7/c1-23-44-38(55-47-23)36-42-21-31(22-43-36)54-29-11-6-25(7-12-29)41(16-2-3-17-41)24-4-9-28(10-5-24)53-30-18-27(19-30)45-26-8-13-32-33(20-26)40(52)48(39(32)51)34-14-15-35(49)46-37(34)50/h4-13,20-22,27,30,34,45H,2-3,14-19H2,1H3,(H,46,49,50). The first-order valence-corrected chi connectivity index (χ1v) is 18.5. The van der Waals surface area contributed by atoms with Crippen LogP contribution in [0.1, 0.15) is 89.0 Å². The number of nitrogens with one attached hydrogen (secondary N) is 2. The van der Waals surface area contributed by atoms with E-state index in [2.05, 4.69) is 67.1 Å². The quantitative estimate of drug-likeness (QED) is 0.162. The molecule has 3 aromatic carbocycles. The Labute approximate surface area is 315 Å². The zero-order chi connectivity index (χ0) is 37.7. The van der Waals surface area contributed by atoms with E-state index < -0.39 is 29.7 Å². The van der Waals surface area contributed by atoms with Gasteiger partial charge in [0.05, 0.1) is 23.5 Å². The molecule has 2 saturated carbocycles. The van der Waals surface area contributed by atoms with Gasteiger partial charge in [-0.2, -0.15) is 4.98 Å². The first-order chi connectivity index (χ1) is 26.7. The maximum atomic E-state index is 13.2. The van der Waals surface area contributed by atoms with Gasteiger partial charge >= 0.3 is 0 Å². The Kier molecular flexibility index (Phi) is 8.59. The van der Waals surface area contributed by atoms with Crippen molar-refractivity contribution in [2.75, 3.05) is 5.32 Å². The summed E-state index contributed by atoms with van der Waals surface area (Å²) < 4.78 is 17.5. The van der Waals surface area contributed by atoms with Crippen molar-refractivity contribution in [1.29, 1.82) is 0 Å². The fraction of sp³-hybridized carbons (Fsp3) is 0.317. The van der Waals surface area contributed by atoms with Gasteiger partial charge in [-0.1, -0.05) is 42.3 Å². The van der Waals surface area contributed by atoms with Crippen LogP contribution in [0.25, 0.3) is 11.7 Å². The molecule has 1 atom stereocenters. The molecule has 14 heteroatoms. The van der Waals surface area contributed by atoms with E-state index in [9.17, 15) is 19.2 Å². The van der Waals surface area contributed by atoms with E-state index in [-0.39, 0.29) is 47.4 Å². The summed E-state index contributed by atoms with van der Waals surface area (Å²) in [5.41, 5.74) is 3.66. The molecular weight excluding hydrogens is 702 g/mol. The highest BCUT2D eigenvalue weighted by atomic mass is 16.5. The Morgan fingerprint density at radius 1 is 0.836 bits per heavy atom. The lowest BCUT2D eigenvalue weighted by atomic mass is 9.73. The fourth-order valence-corrected chi connectivity index (χ4v) is 8.19. The minimum atomic E-state index is -0.988. The van der Waals surface area contributed by atoms with Crippen molar-refractivity contribution >= 4 is 29.3 Å². The van der Waals surface area contributed by atoms with Crippen LogP contribution in [-0.2, 0) is 15.0 Å². The molecule has 2 N–H and O–H groups in total. The molecule has 0 bridgehead atoms. The van der Waals surface area contributed by atoms with Crippen LogP contribution >= 0.6 is 0 Å². The third kappa shape index (κ3) is 6.47. The number of amides is 4. The second-order valence-corrected chi connectivity index (χ2v) is 14.6. The van der Waals surface area contributed by atoms with Crippen molar-refractivity contribution < 1.29 is 33.2 Å². The number of aryl methyl sites for hydroxylation is 1. The number of carbonyl (C=O) groups is 4. The van der Waals surface area contributed by atoms with Crippen molar-refractivity contribution in [2.45, 2.75) is 81.9 Å². The van der Waals surface area contributed by atoms with Crippen LogP contribution in [0.15, 0.2) is 83.6 Å². The molecule has 1 saturated heterocycles. The number of aromatic nitrogens is 4. The van der Waals surface area contributed by atoms with E-state index in [0.29, 0.717) is 23.1 Å². The van der Waals surface area contributed by atoms with Gasteiger partial charge in [-0.25, -0.2) is 9.97 Å². The molecule has 278 valence electrons. The largest absolute Gasteiger partial charge is 0.490 e. The Bertz CT molecular complexity index is 2290. The predicted molar refractivity (Wildman–Crippen MR) is 196 cm³/mol. The summed E-state index contributed by atoms with van der Waals surface area (Å²) >= 11 is 0. The van der Waals surface area contributed by atoms with Crippen molar-refractivity contribution in [2.24, 2.45) is 0 Å². The third-order valence-corrected chi connectivity index (χ3v) is 11.1. The zero-order valence-corrected chi connectivity index (χ0v) is 30.0. The Balaban J connectivity index is 0.797. The molecule has 9 rings (SSSR count). The second kappa shape index (κ2) is 13.8. The summed E-state index contributed by atoms with van der Waals surface area (Å²) in [6, 6.07) is 21.0. The van der Waals surface area contributed by atoms with E-state index in [1.54, 1.807) is 37.5 Å². The maximum Gasteiger partial charge on any atom is 0.295 e. The summed E-state index contributed by atoms with van der Waals surface area (Å²) in [4.78, 5) is 63.9. The van der Waals surface area contributed by atoms with Gasteiger partial charge in [-0.05, 0) is 79.8 Å². The van der Waals surface area contributed by atoms with Gasteiger partial charge in [0.1, 0.15) is 23.6 Å². The number of hydrogen-bond acceptors (Lipinski definition) is 12. The maximum absolute atomic E-state index is 13.2. The van der Waals surface area contributed by atoms with Gasteiger partial charge in [0.15, 0.2) is 11.6 Å². The molecule has 0 spiro atoms. The monoisotopic (exact) mass is 739 g/mol. The Morgan fingerprint density at radius 3 is 2.16 bits per heavy atom. The van der Waals surface area contributed by atoms with E-state index >= 15 is 0 Å². The van der Waals surface area contributed by atoms with E-state index in [0.717, 1.165) is 54.9 Å². The van der Waals surface area contributed by atoms with Crippen molar-refractivity contribution in [3.63, 3.8) is 0 Å². The number of fused-ring (bicyclic) bond motifs is 1. The smallest absolute Gasteiger partial charge is 0.295 e. The summed E-state index contributed by atoms with van der Waals surface area (Å²) in [5, 5.41) is 9.46. The highest BCUT2D eigenvalue weighted by Crippen LogP contribution is 2.47. The molecule has 55 heavy (non-hydrogen) atoms. The van der Waals surface area contributed by atoms with Crippen LogP contribution in [-0.4, -0.2) is 66.8 Å². The van der Waals surface area contributed by atoms with Crippen LogP contribution in [0.2, 0.25) is 0 Å². The molecule has 4 amide bonds. The molecule has 0 radical (unpaired) electrons. The minimum absolute atomic E-state index is 0.0431. The number of ether oxygens (including phenoxy) is 2.